The van der Waals surface area contributed by atoms with E-state index in [1.165, 1.54) is 0 Å². The van der Waals surface area contributed by atoms with Gasteiger partial charge in [0.05, 0.1) is 17.7 Å². The molecule has 1 aromatic heterocycles. The normalized spacial score (nSPS) is 10.6. The van der Waals surface area contributed by atoms with Gasteiger partial charge in [-0.05, 0) is 55.8 Å². The van der Waals surface area contributed by atoms with Crippen molar-refractivity contribution in [3.63, 3.8) is 0 Å². The molecule has 0 aliphatic rings. The van der Waals surface area contributed by atoms with Crippen molar-refractivity contribution in [2.75, 3.05) is 11.9 Å². The first kappa shape index (κ1) is 16.3. The van der Waals surface area contributed by atoms with Gasteiger partial charge in [-0.25, -0.2) is 4.79 Å². The molecular weight excluding hydrogens is 324 g/mol. The number of aryl methyl sites for hydroxylation is 1. The van der Waals surface area contributed by atoms with Crippen molar-refractivity contribution >= 4 is 39.8 Å². The van der Waals surface area contributed by atoms with Gasteiger partial charge in [0, 0.05) is 28.0 Å². The molecule has 0 spiro atoms. The number of ether oxygens (including phenoxy) is 1. The van der Waals surface area contributed by atoms with Crippen LogP contribution in [0, 0.1) is 6.92 Å². The lowest BCUT2D eigenvalue weighted by Gasteiger charge is -2.12. The molecule has 0 aliphatic carbocycles. The number of benzene rings is 2. The van der Waals surface area contributed by atoms with E-state index in [2.05, 4.69) is 10.3 Å². The van der Waals surface area contributed by atoms with Crippen molar-refractivity contribution in [1.82, 2.24) is 4.98 Å². The average Bonchev–Trinajstić information content (AvgIpc) is 2.59. The first-order chi connectivity index (χ1) is 11.6. The zero-order valence-electron chi connectivity index (χ0n) is 13.5. The first-order valence-corrected chi connectivity index (χ1v) is 8.06. The number of hydrogen-bond acceptors (Lipinski definition) is 4. The molecule has 0 unspecified atom stereocenters. The van der Waals surface area contributed by atoms with Crippen LogP contribution >= 0.6 is 11.6 Å². The van der Waals surface area contributed by atoms with Gasteiger partial charge in [0.25, 0.3) is 0 Å². The molecule has 4 nitrogen and oxygen atoms in total. The lowest BCUT2D eigenvalue weighted by molar-refractivity contribution is 0.0526. The summed E-state index contributed by atoms with van der Waals surface area (Å²) < 4.78 is 5.04. The fraction of sp³-hybridized carbons (Fsp3) is 0.158. The summed E-state index contributed by atoms with van der Waals surface area (Å²) in [6.07, 6.45) is 1.74. The van der Waals surface area contributed by atoms with Gasteiger partial charge in [-0.1, -0.05) is 17.7 Å². The predicted molar refractivity (Wildman–Crippen MR) is 97.2 cm³/mol. The predicted octanol–water partition coefficient (Wildman–Crippen LogP) is 5.12. The Morgan fingerprint density at radius 2 is 2.08 bits per heavy atom. The molecular formula is C19H17ClN2O2. The van der Waals surface area contributed by atoms with E-state index in [9.17, 15) is 4.79 Å². The number of carbonyl (C=O) groups excluding carboxylic acids is 1. The Hall–Kier alpha value is -2.59. The van der Waals surface area contributed by atoms with Crippen molar-refractivity contribution in [3.8, 4) is 0 Å². The first-order valence-electron chi connectivity index (χ1n) is 7.68. The molecule has 0 atom stereocenters. The number of rotatable bonds is 4. The van der Waals surface area contributed by atoms with Gasteiger partial charge in [0.15, 0.2) is 0 Å². The van der Waals surface area contributed by atoms with Crippen LogP contribution in [0.3, 0.4) is 0 Å². The molecule has 2 aromatic carbocycles. The minimum atomic E-state index is -0.330. The molecule has 0 fully saturated rings. The van der Waals surface area contributed by atoms with E-state index in [-0.39, 0.29) is 5.97 Å². The number of anilines is 2. The van der Waals surface area contributed by atoms with E-state index >= 15 is 0 Å². The second-order valence-corrected chi connectivity index (χ2v) is 5.76. The van der Waals surface area contributed by atoms with Gasteiger partial charge < -0.3 is 10.1 Å². The summed E-state index contributed by atoms with van der Waals surface area (Å²) in [6.45, 7) is 4.09. The maximum atomic E-state index is 11.9. The molecule has 3 aromatic rings. The SMILES string of the molecule is CCOC(=O)c1cccc(Nc2ccnc3c(C)c(Cl)ccc23)c1. The number of aromatic nitrogens is 1. The summed E-state index contributed by atoms with van der Waals surface area (Å²) >= 11 is 6.17. The van der Waals surface area contributed by atoms with Crippen LogP contribution in [-0.2, 0) is 4.74 Å². The summed E-state index contributed by atoms with van der Waals surface area (Å²) in [5, 5.41) is 5.00. The minimum absolute atomic E-state index is 0.330. The molecule has 24 heavy (non-hydrogen) atoms. The highest BCUT2D eigenvalue weighted by Gasteiger charge is 2.09. The topological polar surface area (TPSA) is 51.2 Å². The van der Waals surface area contributed by atoms with Gasteiger partial charge in [-0.3, -0.25) is 4.98 Å². The van der Waals surface area contributed by atoms with Crippen LogP contribution in [0.4, 0.5) is 11.4 Å². The number of hydrogen-bond donors (Lipinski definition) is 1. The number of pyridine rings is 1. The lowest BCUT2D eigenvalue weighted by atomic mass is 10.1. The maximum Gasteiger partial charge on any atom is 0.338 e. The van der Waals surface area contributed by atoms with E-state index in [0.717, 1.165) is 27.8 Å². The summed E-state index contributed by atoms with van der Waals surface area (Å²) in [5.41, 5.74) is 4.02. The number of halogens is 1. The summed E-state index contributed by atoms with van der Waals surface area (Å²) in [7, 11) is 0. The molecule has 0 aliphatic heterocycles. The Balaban J connectivity index is 1.97. The van der Waals surface area contributed by atoms with Crippen molar-refractivity contribution < 1.29 is 9.53 Å². The molecule has 1 N–H and O–H groups in total. The highest BCUT2D eigenvalue weighted by atomic mass is 35.5. The third-order valence-corrected chi connectivity index (χ3v) is 4.16. The number of esters is 1. The van der Waals surface area contributed by atoms with Crippen molar-refractivity contribution in [3.05, 3.63) is 64.8 Å². The zero-order chi connectivity index (χ0) is 17.1. The standard InChI is InChI=1S/C19H17ClN2O2/c1-3-24-19(23)13-5-4-6-14(11-13)22-17-9-10-21-18-12(2)16(20)8-7-15(17)18/h4-11H,3H2,1-2H3,(H,21,22). The number of nitrogens with zero attached hydrogens (tertiary/aromatic N) is 1. The van der Waals surface area contributed by atoms with Crippen LogP contribution in [0.1, 0.15) is 22.8 Å². The van der Waals surface area contributed by atoms with Crippen LogP contribution in [0.2, 0.25) is 5.02 Å². The number of carbonyl (C=O) groups is 1. The lowest BCUT2D eigenvalue weighted by Crippen LogP contribution is -2.05. The van der Waals surface area contributed by atoms with Crippen molar-refractivity contribution in [2.45, 2.75) is 13.8 Å². The van der Waals surface area contributed by atoms with Crippen molar-refractivity contribution in [2.24, 2.45) is 0 Å². The zero-order valence-corrected chi connectivity index (χ0v) is 14.2. The average molecular weight is 341 g/mol. The minimum Gasteiger partial charge on any atom is -0.462 e. The Morgan fingerprint density at radius 1 is 1.25 bits per heavy atom. The van der Waals surface area contributed by atoms with Gasteiger partial charge in [0.2, 0.25) is 0 Å². The Kier molecular flexibility index (Phi) is 4.67. The molecule has 0 saturated carbocycles. The van der Waals surface area contributed by atoms with Crippen LogP contribution < -0.4 is 5.32 Å². The van der Waals surface area contributed by atoms with Crippen LogP contribution in [0.5, 0.6) is 0 Å². The quantitative estimate of drug-likeness (QED) is 0.670. The van der Waals surface area contributed by atoms with E-state index in [1.54, 1.807) is 25.3 Å². The highest BCUT2D eigenvalue weighted by Crippen LogP contribution is 2.30. The van der Waals surface area contributed by atoms with E-state index in [1.807, 2.05) is 37.3 Å². The monoisotopic (exact) mass is 340 g/mol. The smallest absolute Gasteiger partial charge is 0.338 e. The van der Waals surface area contributed by atoms with Gasteiger partial charge >= 0.3 is 5.97 Å². The van der Waals surface area contributed by atoms with Gasteiger partial charge in [-0.2, -0.15) is 0 Å². The summed E-state index contributed by atoms with van der Waals surface area (Å²) in [5.74, 6) is -0.330. The van der Waals surface area contributed by atoms with Crippen LogP contribution in [0.25, 0.3) is 10.9 Å². The van der Waals surface area contributed by atoms with E-state index < -0.39 is 0 Å². The van der Waals surface area contributed by atoms with Crippen LogP contribution in [-0.4, -0.2) is 17.6 Å². The Bertz CT molecular complexity index is 909. The third kappa shape index (κ3) is 3.19. The fourth-order valence-electron chi connectivity index (χ4n) is 2.54. The maximum absolute atomic E-state index is 11.9. The second kappa shape index (κ2) is 6.89. The van der Waals surface area contributed by atoms with E-state index in [0.29, 0.717) is 17.2 Å². The Morgan fingerprint density at radius 3 is 2.88 bits per heavy atom. The molecule has 5 heteroatoms. The fourth-order valence-corrected chi connectivity index (χ4v) is 2.69. The number of nitrogens with one attached hydrogen (secondary N) is 1. The second-order valence-electron chi connectivity index (χ2n) is 5.35. The Labute approximate surface area is 145 Å². The largest absolute Gasteiger partial charge is 0.462 e. The summed E-state index contributed by atoms with van der Waals surface area (Å²) in [6, 6.07) is 12.9. The molecule has 3 rings (SSSR count). The molecule has 0 amide bonds. The highest BCUT2D eigenvalue weighted by molar-refractivity contribution is 6.32. The summed E-state index contributed by atoms with van der Waals surface area (Å²) in [4.78, 5) is 16.3. The molecule has 0 radical (unpaired) electrons. The molecule has 122 valence electrons. The molecule has 0 saturated heterocycles. The van der Waals surface area contributed by atoms with Crippen LogP contribution in [0.15, 0.2) is 48.7 Å². The van der Waals surface area contributed by atoms with Gasteiger partial charge in [-0.15, -0.1) is 0 Å². The molecule has 0 bridgehead atoms. The third-order valence-electron chi connectivity index (χ3n) is 3.75. The number of fused-ring (bicyclic) bond motifs is 1. The van der Waals surface area contributed by atoms with Crippen molar-refractivity contribution in [1.29, 1.82) is 0 Å². The molecule has 1 heterocycles. The van der Waals surface area contributed by atoms with E-state index in [4.69, 9.17) is 16.3 Å². The van der Waals surface area contributed by atoms with Gasteiger partial charge in [0.1, 0.15) is 0 Å².